The predicted molar refractivity (Wildman–Crippen MR) is 143 cm³/mol. The van der Waals surface area contributed by atoms with Gasteiger partial charge in [-0.2, -0.15) is 0 Å². The monoisotopic (exact) mass is 516 g/mol. The summed E-state index contributed by atoms with van der Waals surface area (Å²) < 4.78 is 17.0. The van der Waals surface area contributed by atoms with Gasteiger partial charge in [-0.1, -0.05) is 42.5 Å². The van der Waals surface area contributed by atoms with E-state index in [2.05, 4.69) is 5.32 Å². The molecular weight excluding hydrogens is 484 g/mol. The van der Waals surface area contributed by atoms with Gasteiger partial charge in [0, 0.05) is 24.6 Å². The van der Waals surface area contributed by atoms with Crippen LogP contribution in [0.5, 0.6) is 11.5 Å². The number of hydrogen-bond donors (Lipinski definition) is 1. The summed E-state index contributed by atoms with van der Waals surface area (Å²) in [6, 6.07) is 20.7. The van der Waals surface area contributed by atoms with E-state index in [1.807, 2.05) is 49.4 Å². The molecule has 0 radical (unpaired) electrons. The Labute approximate surface area is 222 Å². The minimum absolute atomic E-state index is 0.0425. The third-order valence-electron chi connectivity index (χ3n) is 6.43. The molecular formula is C30H32N2O6. The summed E-state index contributed by atoms with van der Waals surface area (Å²) in [6.07, 6.45) is 0.160. The van der Waals surface area contributed by atoms with Crippen LogP contribution in [0.25, 0.3) is 11.1 Å². The van der Waals surface area contributed by atoms with Crippen LogP contribution >= 0.6 is 0 Å². The van der Waals surface area contributed by atoms with Crippen molar-refractivity contribution in [2.24, 2.45) is 0 Å². The standard InChI is InChI=1S/C30H32N2O6/c1-20-18-37-27-14-12-24(36-3)17-25(27)22-10-7-11-23(16-22)29(34)32(2)26(13-15-28(33)31-20)30(35)38-19-21-8-5-4-6-9-21/h4-12,14,16-17,20,26H,13,15,18-19H2,1-3H3,(H,31,33)/t20-,26+/m1/s1. The zero-order valence-corrected chi connectivity index (χ0v) is 21.8. The van der Waals surface area contributed by atoms with E-state index < -0.39 is 12.0 Å². The maximum absolute atomic E-state index is 13.6. The molecule has 0 fully saturated rings. The second kappa shape index (κ2) is 12.3. The average molecular weight is 517 g/mol. The number of rotatable bonds is 4. The molecule has 0 unspecified atom stereocenters. The number of methoxy groups -OCH3 is 1. The molecule has 2 bridgehead atoms. The Hall–Kier alpha value is -4.33. The SMILES string of the molecule is COc1ccc2c(c1)-c1cccc(c1)C(=O)N(C)[C@H](C(=O)OCc1ccccc1)CCC(=O)N[C@H](C)CO2. The minimum atomic E-state index is -0.940. The van der Waals surface area contributed by atoms with Crippen LogP contribution in [0.1, 0.15) is 35.7 Å². The first-order valence-corrected chi connectivity index (χ1v) is 12.5. The average Bonchev–Trinajstić information content (AvgIpc) is 2.94. The van der Waals surface area contributed by atoms with Gasteiger partial charge in [-0.3, -0.25) is 9.59 Å². The molecule has 8 heteroatoms. The summed E-state index contributed by atoms with van der Waals surface area (Å²) in [5.41, 5.74) is 2.73. The van der Waals surface area contributed by atoms with E-state index in [4.69, 9.17) is 14.2 Å². The fourth-order valence-corrected chi connectivity index (χ4v) is 4.32. The van der Waals surface area contributed by atoms with E-state index >= 15 is 0 Å². The molecule has 8 nitrogen and oxygen atoms in total. The van der Waals surface area contributed by atoms with Crippen LogP contribution < -0.4 is 14.8 Å². The first kappa shape index (κ1) is 26.7. The lowest BCUT2D eigenvalue weighted by Crippen LogP contribution is -2.44. The second-order valence-corrected chi connectivity index (χ2v) is 9.29. The quantitative estimate of drug-likeness (QED) is 0.522. The van der Waals surface area contributed by atoms with Gasteiger partial charge in [-0.15, -0.1) is 0 Å². The maximum Gasteiger partial charge on any atom is 0.329 e. The zero-order chi connectivity index (χ0) is 27.1. The molecule has 1 N–H and O–H groups in total. The highest BCUT2D eigenvalue weighted by molar-refractivity contribution is 5.98. The molecule has 2 amide bonds. The van der Waals surface area contributed by atoms with E-state index in [1.54, 1.807) is 44.5 Å². The molecule has 198 valence electrons. The van der Waals surface area contributed by atoms with Crippen molar-refractivity contribution in [1.82, 2.24) is 10.2 Å². The van der Waals surface area contributed by atoms with Crippen molar-refractivity contribution in [3.63, 3.8) is 0 Å². The Morgan fingerprint density at radius 3 is 2.55 bits per heavy atom. The zero-order valence-electron chi connectivity index (χ0n) is 21.8. The van der Waals surface area contributed by atoms with Crippen LogP contribution in [0.15, 0.2) is 72.8 Å². The lowest BCUT2D eigenvalue weighted by atomic mass is 10.0. The van der Waals surface area contributed by atoms with E-state index in [-0.39, 0.29) is 43.9 Å². The van der Waals surface area contributed by atoms with E-state index in [0.717, 1.165) is 16.7 Å². The van der Waals surface area contributed by atoms with Gasteiger partial charge >= 0.3 is 5.97 Å². The Bertz CT molecular complexity index is 1290. The molecule has 4 rings (SSSR count). The molecule has 0 saturated heterocycles. The molecule has 1 aliphatic heterocycles. The topological polar surface area (TPSA) is 94.2 Å². The van der Waals surface area contributed by atoms with Gasteiger partial charge in [0.15, 0.2) is 0 Å². The Balaban J connectivity index is 1.67. The first-order valence-electron chi connectivity index (χ1n) is 12.5. The summed E-state index contributed by atoms with van der Waals surface area (Å²) in [4.78, 5) is 40.8. The van der Waals surface area contributed by atoms with Gasteiger partial charge < -0.3 is 24.4 Å². The van der Waals surface area contributed by atoms with Gasteiger partial charge in [-0.25, -0.2) is 4.79 Å². The van der Waals surface area contributed by atoms with Crippen molar-refractivity contribution in [3.05, 3.63) is 83.9 Å². The summed E-state index contributed by atoms with van der Waals surface area (Å²) in [5, 5.41) is 2.91. The normalized spacial score (nSPS) is 18.2. The first-order chi connectivity index (χ1) is 18.4. The molecule has 0 spiro atoms. The number of hydrogen-bond acceptors (Lipinski definition) is 6. The minimum Gasteiger partial charge on any atom is -0.497 e. The number of nitrogens with one attached hydrogen (secondary N) is 1. The molecule has 38 heavy (non-hydrogen) atoms. The van der Waals surface area contributed by atoms with Crippen LogP contribution in [0.4, 0.5) is 0 Å². The third-order valence-corrected chi connectivity index (χ3v) is 6.43. The molecule has 1 heterocycles. The smallest absolute Gasteiger partial charge is 0.329 e. The number of ether oxygens (including phenoxy) is 3. The Kier molecular flexibility index (Phi) is 8.63. The van der Waals surface area contributed by atoms with Gasteiger partial charge in [0.25, 0.3) is 5.91 Å². The highest BCUT2D eigenvalue weighted by Gasteiger charge is 2.30. The van der Waals surface area contributed by atoms with Gasteiger partial charge in [0.2, 0.25) is 5.91 Å². The van der Waals surface area contributed by atoms with Crippen molar-refractivity contribution in [2.75, 3.05) is 20.8 Å². The largest absolute Gasteiger partial charge is 0.497 e. The molecule has 3 aromatic rings. The van der Waals surface area contributed by atoms with Crippen molar-refractivity contribution in [3.8, 4) is 22.6 Å². The van der Waals surface area contributed by atoms with Crippen molar-refractivity contribution in [1.29, 1.82) is 0 Å². The lowest BCUT2D eigenvalue weighted by Gasteiger charge is -2.27. The highest BCUT2D eigenvalue weighted by atomic mass is 16.5. The number of esters is 1. The molecule has 0 aromatic heterocycles. The lowest BCUT2D eigenvalue weighted by molar-refractivity contribution is -0.150. The molecule has 3 aromatic carbocycles. The number of benzene rings is 3. The van der Waals surface area contributed by atoms with Crippen molar-refractivity contribution >= 4 is 17.8 Å². The van der Waals surface area contributed by atoms with Crippen molar-refractivity contribution < 1.29 is 28.6 Å². The highest BCUT2D eigenvalue weighted by Crippen LogP contribution is 2.34. The molecule has 2 atom stereocenters. The summed E-state index contributed by atoms with van der Waals surface area (Å²) in [7, 11) is 3.14. The van der Waals surface area contributed by atoms with Gasteiger partial charge in [0.1, 0.15) is 30.8 Å². The van der Waals surface area contributed by atoms with Crippen LogP contribution in [0.2, 0.25) is 0 Å². The number of nitrogens with zero attached hydrogens (tertiary/aromatic N) is 1. The molecule has 1 aliphatic rings. The Morgan fingerprint density at radius 1 is 1.03 bits per heavy atom. The number of amides is 2. The van der Waals surface area contributed by atoms with E-state index in [1.165, 1.54) is 4.90 Å². The second-order valence-electron chi connectivity index (χ2n) is 9.29. The predicted octanol–water partition coefficient (Wildman–Crippen LogP) is 4.22. The number of likely N-dealkylation sites (N-methyl/N-ethyl adjacent to an activating group) is 1. The Morgan fingerprint density at radius 2 is 1.79 bits per heavy atom. The fraction of sp³-hybridized carbons (Fsp3) is 0.300. The molecule has 0 saturated carbocycles. The summed E-state index contributed by atoms with van der Waals surface area (Å²) >= 11 is 0. The third kappa shape index (κ3) is 6.51. The number of carbonyl (C=O) groups is 3. The van der Waals surface area contributed by atoms with Gasteiger partial charge in [-0.05, 0) is 54.8 Å². The van der Waals surface area contributed by atoms with Crippen LogP contribution in [-0.2, 0) is 20.9 Å². The fourth-order valence-electron chi connectivity index (χ4n) is 4.32. The maximum atomic E-state index is 13.6. The van der Waals surface area contributed by atoms with Crippen LogP contribution in [0, 0.1) is 0 Å². The number of carbonyl (C=O) groups excluding carboxylic acids is 3. The van der Waals surface area contributed by atoms with E-state index in [0.29, 0.717) is 17.1 Å². The molecule has 0 aliphatic carbocycles. The van der Waals surface area contributed by atoms with Gasteiger partial charge in [0.05, 0.1) is 13.2 Å². The summed E-state index contributed by atoms with van der Waals surface area (Å²) in [6.45, 7) is 2.17. The van der Waals surface area contributed by atoms with Crippen LogP contribution in [0.3, 0.4) is 0 Å². The number of fused-ring (bicyclic) bond motifs is 4. The van der Waals surface area contributed by atoms with Crippen LogP contribution in [-0.4, -0.2) is 55.5 Å². The van der Waals surface area contributed by atoms with Crippen molar-refractivity contribution in [2.45, 2.75) is 38.5 Å². The summed E-state index contributed by atoms with van der Waals surface area (Å²) in [5.74, 6) is 0.0731. The van der Waals surface area contributed by atoms with E-state index in [9.17, 15) is 14.4 Å².